The van der Waals surface area contributed by atoms with Crippen LogP contribution < -0.4 is 10.2 Å². The van der Waals surface area contributed by atoms with Crippen molar-refractivity contribution in [1.82, 2.24) is 0 Å². The Kier molecular flexibility index (Phi) is 7.32. The van der Waals surface area contributed by atoms with Crippen LogP contribution in [0.5, 0.6) is 0 Å². The molecule has 0 aromatic heterocycles. The maximum absolute atomic E-state index is 12.8. The van der Waals surface area contributed by atoms with Gasteiger partial charge in [-0.15, -0.1) is 11.8 Å². The summed E-state index contributed by atoms with van der Waals surface area (Å²) in [6.45, 7) is 3.60. The molecule has 1 aliphatic heterocycles. The van der Waals surface area contributed by atoms with Crippen molar-refractivity contribution in [3.8, 4) is 6.07 Å². The highest BCUT2D eigenvalue weighted by atomic mass is 32.2. The second-order valence-corrected chi connectivity index (χ2v) is 8.50. The largest absolute Gasteiger partial charge is 0.456 e. The van der Waals surface area contributed by atoms with E-state index >= 15 is 0 Å². The summed E-state index contributed by atoms with van der Waals surface area (Å²) in [5.74, 6) is -1.31. The average Bonchev–Trinajstić information content (AvgIpc) is 2.72. The quantitative estimate of drug-likeness (QED) is 0.665. The second-order valence-electron chi connectivity index (χ2n) is 7.26. The van der Waals surface area contributed by atoms with Gasteiger partial charge in [-0.2, -0.15) is 5.26 Å². The molecule has 1 atom stereocenters. The number of anilines is 2. The second kappa shape index (κ2) is 10.1. The molecule has 160 valence electrons. The van der Waals surface area contributed by atoms with E-state index in [1.165, 1.54) is 16.7 Å². The van der Waals surface area contributed by atoms with Crippen LogP contribution >= 0.6 is 11.8 Å². The highest BCUT2D eigenvalue weighted by molar-refractivity contribution is 8.01. The fourth-order valence-corrected chi connectivity index (χ4v) is 4.42. The number of amides is 2. The molecule has 2 aromatic carbocycles. The van der Waals surface area contributed by atoms with Crippen molar-refractivity contribution in [2.24, 2.45) is 0 Å². The minimum Gasteiger partial charge on any atom is -0.456 e. The van der Waals surface area contributed by atoms with Gasteiger partial charge in [0.25, 0.3) is 5.91 Å². The maximum Gasteiger partial charge on any atom is 0.307 e. The molecule has 0 fully saturated rings. The number of nitrogens with one attached hydrogen (secondary N) is 1. The van der Waals surface area contributed by atoms with Gasteiger partial charge in [0.15, 0.2) is 6.61 Å². The molecule has 0 bridgehead atoms. The van der Waals surface area contributed by atoms with E-state index in [0.717, 1.165) is 21.7 Å². The van der Waals surface area contributed by atoms with E-state index in [1.54, 1.807) is 6.07 Å². The van der Waals surface area contributed by atoms with Gasteiger partial charge >= 0.3 is 5.97 Å². The van der Waals surface area contributed by atoms with E-state index in [4.69, 9.17) is 10.00 Å². The van der Waals surface area contributed by atoms with Crippen LogP contribution in [0.1, 0.15) is 24.0 Å². The summed E-state index contributed by atoms with van der Waals surface area (Å²) < 4.78 is 5.18. The normalized spacial score (nSPS) is 14.7. The highest BCUT2D eigenvalue weighted by Crippen LogP contribution is 2.36. The van der Waals surface area contributed by atoms with Gasteiger partial charge in [-0.05, 0) is 49.2 Å². The van der Waals surface area contributed by atoms with Gasteiger partial charge in [0, 0.05) is 17.1 Å². The van der Waals surface area contributed by atoms with E-state index in [9.17, 15) is 14.4 Å². The van der Waals surface area contributed by atoms with E-state index in [0.29, 0.717) is 5.69 Å². The molecule has 31 heavy (non-hydrogen) atoms. The van der Waals surface area contributed by atoms with Gasteiger partial charge in [0.05, 0.1) is 29.8 Å². The lowest BCUT2D eigenvalue weighted by atomic mass is 10.1. The molecule has 7 nitrogen and oxygen atoms in total. The predicted molar refractivity (Wildman–Crippen MR) is 119 cm³/mol. The van der Waals surface area contributed by atoms with Gasteiger partial charge in [-0.25, -0.2) is 0 Å². The van der Waals surface area contributed by atoms with Crippen LogP contribution in [0.4, 0.5) is 11.4 Å². The smallest absolute Gasteiger partial charge is 0.307 e. The molecule has 0 aliphatic carbocycles. The van der Waals surface area contributed by atoms with Gasteiger partial charge in [0.2, 0.25) is 5.91 Å². The predicted octanol–water partition coefficient (Wildman–Crippen LogP) is 3.60. The van der Waals surface area contributed by atoms with Crippen molar-refractivity contribution in [2.75, 3.05) is 23.4 Å². The molecule has 2 amide bonds. The number of ether oxygens (including phenoxy) is 1. The fraction of sp³-hybridized carbons (Fsp3) is 0.304. The first-order valence-electron chi connectivity index (χ1n) is 9.85. The molecule has 1 heterocycles. The van der Waals surface area contributed by atoms with Crippen LogP contribution in [-0.2, 0) is 19.1 Å². The number of aryl methyl sites for hydroxylation is 2. The summed E-state index contributed by atoms with van der Waals surface area (Å²) in [5.41, 5.74) is 3.36. The molecule has 0 spiro atoms. The monoisotopic (exact) mass is 437 g/mol. The molecule has 2 aromatic rings. The Morgan fingerprint density at radius 3 is 2.61 bits per heavy atom. The standard InChI is InChI=1S/C23H23N3O4S/c1-15-10-16(2)12-17(11-15)26(9-5-8-24)21(27)14-30-22(28)13-20-23(29)25-18-6-3-4-7-19(18)31-20/h3-4,6-7,10-12,20H,5,9,13-14H2,1-2H3,(H,25,29). The number of fused-ring (bicyclic) bond motifs is 1. The topological polar surface area (TPSA) is 99.5 Å². The van der Waals surface area contributed by atoms with Gasteiger partial charge in [0.1, 0.15) is 0 Å². The number of thioether (sulfide) groups is 1. The van der Waals surface area contributed by atoms with Gasteiger partial charge in [-0.1, -0.05) is 18.2 Å². The van der Waals surface area contributed by atoms with Crippen molar-refractivity contribution in [3.63, 3.8) is 0 Å². The molecular formula is C23H23N3O4S. The molecule has 1 N–H and O–H groups in total. The van der Waals surface area contributed by atoms with Crippen molar-refractivity contribution >= 4 is 40.9 Å². The first kappa shape index (κ1) is 22.4. The Balaban J connectivity index is 1.60. The number of nitrogens with zero attached hydrogens (tertiary/aromatic N) is 2. The van der Waals surface area contributed by atoms with Crippen LogP contribution in [0.3, 0.4) is 0 Å². The lowest BCUT2D eigenvalue weighted by Crippen LogP contribution is -2.36. The Morgan fingerprint density at radius 1 is 1.19 bits per heavy atom. The van der Waals surface area contributed by atoms with Crippen molar-refractivity contribution in [2.45, 2.75) is 36.8 Å². The molecule has 8 heteroatoms. The van der Waals surface area contributed by atoms with Crippen LogP contribution in [0, 0.1) is 25.2 Å². The van der Waals surface area contributed by atoms with Crippen molar-refractivity contribution in [3.05, 3.63) is 53.6 Å². The summed E-state index contributed by atoms with van der Waals surface area (Å²) in [4.78, 5) is 39.7. The number of nitriles is 1. The van der Waals surface area contributed by atoms with Gasteiger partial charge < -0.3 is 15.0 Å². The SMILES string of the molecule is Cc1cc(C)cc(N(CCC#N)C(=O)COC(=O)CC2Sc3ccccc3NC2=O)c1. The number of rotatable bonds is 7. The number of carbonyl (C=O) groups excluding carboxylic acids is 3. The summed E-state index contributed by atoms with van der Waals surface area (Å²) in [5, 5.41) is 11.1. The summed E-state index contributed by atoms with van der Waals surface area (Å²) in [6.07, 6.45) is 0.0187. The summed E-state index contributed by atoms with van der Waals surface area (Å²) in [6, 6.07) is 15.1. The highest BCUT2D eigenvalue weighted by Gasteiger charge is 2.30. The Hall–Kier alpha value is -3.31. The number of carbonyl (C=O) groups is 3. The molecule has 1 unspecified atom stereocenters. The van der Waals surface area contributed by atoms with Crippen LogP contribution in [0.25, 0.3) is 0 Å². The van der Waals surface area contributed by atoms with E-state index in [-0.39, 0.29) is 25.3 Å². The van der Waals surface area contributed by atoms with Crippen LogP contribution in [-0.4, -0.2) is 36.2 Å². The third kappa shape index (κ3) is 5.86. The van der Waals surface area contributed by atoms with Crippen molar-refractivity contribution in [1.29, 1.82) is 5.26 Å². The summed E-state index contributed by atoms with van der Waals surface area (Å²) in [7, 11) is 0. The lowest BCUT2D eigenvalue weighted by molar-refractivity contribution is -0.148. The zero-order valence-electron chi connectivity index (χ0n) is 17.4. The number of hydrogen-bond acceptors (Lipinski definition) is 6. The molecular weight excluding hydrogens is 414 g/mol. The first-order valence-corrected chi connectivity index (χ1v) is 10.7. The average molecular weight is 438 g/mol. The fourth-order valence-electron chi connectivity index (χ4n) is 3.32. The molecule has 1 aliphatic rings. The minimum absolute atomic E-state index is 0.139. The third-order valence-electron chi connectivity index (χ3n) is 4.68. The van der Waals surface area contributed by atoms with Crippen LogP contribution in [0.2, 0.25) is 0 Å². The molecule has 0 saturated heterocycles. The zero-order valence-corrected chi connectivity index (χ0v) is 18.2. The van der Waals surface area contributed by atoms with E-state index < -0.39 is 23.7 Å². The Morgan fingerprint density at radius 2 is 1.90 bits per heavy atom. The zero-order chi connectivity index (χ0) is 22.4. The molecule has 0 saturated carbocycles. The van der Waals surface area contributed by atoms with E-state index in [1.807, 2.05) is 56.3 Å². The molecule has 0 radical (unpaired) electrons. The number of benzene rings is 2. The first-order chi connectivity index (χ1) is 14.9. The number of para-hydroxylation sites is 1. The Labute approximate surface area is 185 Å². The Bertz CT molecular complexity index is 1030. The molecule has 3 rings (SSSR count). The van der Waals surface area contributed by atoms with E-state index in [2.05, 4.69) is 5.32 Å². The lowest BCUT2D eigenvalue weighted by Gasteiger charge is -2.24. The van der Waals surface area contributed by atoms with Gasteiger partial charge in [-0.3, -0.25) is 14.4 Å². The maximum atomic E-state index is 12.8. The van der Waals surface area contributed by atoms with Crippen molar-refractivity contribution < 1.29 is 19.1 Å². The number of hydrogen-bond donors (Lipinski definition) is 1. The minimum atomic E-state index is -0.624. The number of esters is 1. The van der Waals surface area contributed by atoms with Crippen LogP contribution in [0.15, 0.2) is 47.4 Å². The summed E-state index contributed by atoms with van der Waals surface area (Å²) >= 11 is 1.30. The third-order valence-corrected chi connectivity index (χ3v) is 5.96.